The molecule has 1 aliphatic heterocycles. The fraction of sp³-hybridized carbons (Fsp3) is 0.679. The van der Waals surface area contributed by atoms with E-state index < -0.39 is 18.1 Å². The summed E-state index contributed by atoms with van der Waals surface area (Å²) in [4.78, 5) is 31.5. The van der Waals surface area contributed by atoms with Crippen LogP contribution < -0.4 is 4.90 Å². The number of carbonyl (C=O) groups excluding carboxylic acids is 2. The van der Waals surface area contributed by atoms with Crippen LogP contribution in [0.25, 0.3) is 11.0 Å². The number of hydrogen-bond donors (Lipinski definition) is 1. The molecule has 202 valence electrons. The molecular weight excluding hydrogens is 480 g/mol. The number of anilines is 1. The molecule has 7 nitrogen and oxygen atoms in total. The number of benzene rings is 1. The highest BCUT2D eigenvalue weighted by molar-refractivity contribution is 5.95. The van der Waals surface area contributed by atoms with Gasteiger partial charge in [0.05, 0.1) is 23.8 Å². The minimum absolute atomic E-state index is 0.0143. The number of methoxy groups -OCH3 is 1. The number of imidazole rings is 1. The molecule has 9 heteroatoms. The zero-order valence-electron chi connectivity index (χ0n) is 21.9. The number of ether oxygens (including phenoxy) is 1. The average molecular weight is 518 g/mol. The van der Waals surface area contributed by atoms with E-state index in [-0.39, 0.29) is 55.4 Å². The molecule has 2 aromatic rings. The van der Waals surface area contributed by atoms with E-state index in [0.717, 1.165) is 54.4 Å². The zero-order valence-corrected chi connectivity index (χ0v) is 21.9. The molecule has 2 aliphatic carbocycles. The lowest BCUT2D eigenvalue weighted by atomic mass is 9.81. The van der Waals surface area contributed by atoms with E-state index in [9.17, 15) is 23.5 Å². The second-order valence-electron chi connectivity index (χ2n) is 11.3. The quantitative estimate of drug-likeness (QED) is 0.528. The van der Waals surface area contributed by atoms with Crippen molar-refractivity contribution < 1.29 is 28.2 Å². The standard InChI is InChI=1S/C28H37F2N3O4/c1-16-7-8-21-22(32(16)27(36)37-3)9-10-23-24(21)31-26(25(35)18-11-13-28(29,30)14-12-18)33(23)20-6-4-5-19(15-20)17(2)34/h9-10,16,18-20,25,35H,4-8,11-15H2,1-3H3/t16-,19+,20+,25-/m0/s1. The Bertz CT molecular complexity index is 1190. The summed E-state index contributed by atoms with van der Waals surface area (Å²) in [6.45, 7) is 3.62. The number of hydrogen-bond acceptors (Lipinski definition) is 5. The summed E-state index contributed by atoms with van der Waals surface area (Å²) < 4.78 is 34.9. The number of ketones is 1. The third-order valence-corrected chi connectivity index (χ3v) is 8.91. The van der Waals surface area contributed by atoms with Crippen LogP contribution in [0.4, 0.5) is 19.3 Å². The summed E-state index contributed by atoms with van der Waals surface area (Å²) in [6.07, 6.45) is 3.39. The normalized spacial score (nSPS) is 27.1. The maximum Gasteiger partial charge on any atom is 0.414 e. The van der Waals surface area contributed by atoms with Crippen LogP contribution in [0.1, 0.15) is 95.2 Å². The molecule has 1 aromatic heterocycles. The highest BCUT2D eigenvalue weighted by Gasteiger charge is 2.40. The van der Waals surface area contributed by atoms with Crippen molar-refractivity contribution in [3.63, 3.8) is 0 Å². The van der Waals surface area contributed by atoms with Crippen LogP contribution in [-0.2, 0) is 16.0 Å². The van der Waals surface area contributed by atoms with E-state index in [2.05, 4.69) is 4.57 Å². The third-order valence-electron chi connectivity index (χ3n) is 8.91. The van der Waals surface area contributed by atoms with Gasteiger partial charge in [-0.05, 0) is 76.8 Å². The molecule has 0 radical (unpaired) electrons. The molecule has 2 saturated carbocycles. The first-order valence-electron chi connectivity index (χ1n) is 13.6. The fourth-order valence-corrected chi connectivity index (χ4v) is 6.74. The smallest absolute Gasteiger partial charge is 0.414 e. The Morgan fingerprint density at radius 3 is 2.57 bits per heavy atom. The number of Topliss-reactive ketones (excluding diaryl/α,β-unsaturated/α-hetero) is 1. The minimum Gasteiger partial charge on any atom is -0.452 e. The van der Waals surface area contributed by atoms with E-state index in [4.69, 9.17) is 9.72 Å². The van der Waals surface area contributed by atoms with Gasteiger partial charge in [0.25, 0.3) is 0 Å². The Labute approximate surface area is 216 Å². The van der Waals surface area contributed by atoms with Crippen molar-refractivity contribution in [1.29, 1.82) is 0 Å². The minimum atomic E-state index is -2.68. The number of alkyl halides is 2. The van der Waals surface area contributed by atoms with Gasteiger partial charge in [-0.1, -0.05) is 6.42 Å². The Morgan fingerprint density at radius 2 is 1.89 bits per heavy atom. The van der Waals surface area contributed by atoms with Crippen LogP contribution in [0.2, 0.25) is 0 Å². The molecule has 0 spiro atoms. The van der Waals surface area contributed by atoms with Gasteiger partial charge >= 0.3 is 6.09 Å². The van der Waals surface area contributed by atoms with Crippen molar-refractivity contribution >= 4 is 28.6 Å². The third kappa shape index (κ3) is 4.75. The molecular formula is C28H37F2N3O4. The van der Waals surface area contributed by atoms with Crippen LogP contribution in [0.15, 0.2) is 12.1 Å². The van der Waals surface area contributed by atoms with E-state index in [0.29, 0.717) is 12.2 Å². The molecule has 4 atom stereocenters. The molecule has 37 heavy (non-hydrogen) atoms. The second kappa shape index (κ2) is 9.97. The van der Waals surface area contributed by atoms with Crippen LogP contribution >= 0.6 is 0 Å². The van der Waals surface area contributed by atoms with Crippen molar-refractivity contribution in [2.45, 2.75) is 102 Å². The zero-order chi connectivity index (χ0) is 26.5. The summed E-state index contributed by atoms with van der Waals surface area (Å²) in [5, 5.41) is 11.5. The number of amides is 1. The van der Waals surface area contributed by atoms with Gasteiger partial charge in [0.1, 0.15) is 17.7 Å². The van der Waals surface area contributed by atoms with Gasteiger partial charge in [0.15, 0.2) is 0 Å². The Morgan fingerprint density at radius 1 is 1.16 bits per heavy atom. The number of carbonyl (C=O) groups is 2. The van der Waals surface area contributed by atoms with Gasteiger partial charge in [-0.3, -0.25) is 9.69 Å². The van der Waals surface area contributed by atoms with Crippen LogP contribution in [-0.4, -0.2) is 45.6 Å². The summed E-state index contributed by atoms with van der Waals surface area (Å²) in [5.74, 6) is -2.35. The molecule has 1 aromatic carbocycles. The van der Waals surface area contributed by atoms with Crippen molar-refractivity contribution in [3.05, 3.63) is 23.5 Å². The van der Waals surface area contributed by atoms with E-state index in [1.165, 1.54) is 7.11 Å². The van der Waals surface area contributed by atoms with Gasteiger partial charge < -0.3 is 14.4 Å². The van der Waals surface area contributed by atoms with Crippen molar-refractivity contribution in [1.82, 2.24) is 9.55 Å². The van der Waals surface area contributed by atoms with E-state index in [1.54, 1.807) is 11.8 Å². The van der Waals surface area contributed by atoms with Crippen molar-refractivity contribution in [2.75, 3.05) is 12.0 Å². The van der Waals surface area contributed by atoms with E-state index >= 15 is 0 Å². The van der Waals surface area contributed by atoms with E-state index in [1.807, 2.05) is 19.1 Å². The predicted molar refractivity (Wildman–Crippen MR) is 136 cm³/mol. The number of aliphatic hydroxyl groups excluding tert-OH is 1. The van der Waals surface area contributed by atoms with Gasteiger partial charge in [0, 0.05) is 36.4 Å². The number of aliphatic hydroxyl groups is 1. The summed E-state index contributed by atoms with van der Waals surface area (Å²) in [7, 11) is 1.37. The molecule has 1 N–H and O–H groups in total. The average Bonchev–Trinajstić information content (AvgIpc) is 3.27. The first kappa shape index (κ1) is 26.1. The SMILES string of the molecule is COC(=O)N1c2ccc3c(nc([C@@H](O)C4CCC(F)(F)CC4)n3[C@@H]3CCC[C@@H](C(C)=O)C3)c2CC[C@@H]1C. The van der Waals surface area contributed by atoms with Gasteiger partial charge in [-0.25, -0.2) is 18.6 Å². The number of aromatic nitrogens is 2. The maximum atomic E-state index is 13.9. The first-order chi connectivity index (χ1) is 17.6. The molecule has 5 rings (SSSR count). The van der Waals surface area contributed by atoms with Gasteiger partial charge in [-0.2, -0.15) is 0 Å². The maximum absolute atomic E-state index is 13.9. The van der Waals surface area contributed by atoms with Crippen LogP contribution in [0.3, 0.4) is 0 Å². The number of aryl methyl sites for hydroxylation is 1. The molecule has 1 amide bonds. The first-order valence-corrected chi connectivity index (χ1v) is 13.6. The van der Waals surface area contributed by atoms with Gasteiger partial charge in [-0.15, -0.1) is 0 Å². The number of fused-ring (bicyclic) bond motifs is 3. The molecule has 2 fully saturated rings. The predicted octanol–water partition coefficient (Wildman–Crippen LogP) is 6.12. The van der Waals surface area contributed by atoms with Crippen LogP contribution in [0, 0.1) is 11.8 Å². The fourth-order valence-electron chi connectivity index (χ4n) is 6.74. The highest BCUT2D eigenvalue weighted by atomic mass is 19.3. The molecule has 3 aliphatic rings. The highest BCUT2D eigenvalue weighted by Crippen LogP contribution is 2.45. The molecule has 0 bridgehead atoms. The molecule has 0 saturated heterocycles. The summed E-state index contributed by atoms with van der Waals surface area (Å²) in [6, 6.07) is 3.82. The Kier molecular flexibility index (Phi) is 7.02. The Balaban J connectivity index is 1.62. The lowest BCUT2D eigenvalue weighted by Gasteiger charge is -2.35. The monoisotopic (exact) mass is 517 g/mol. The van der Waals surface area contributed by atoms with Crippen molar-refractivity contribution in [2.24, 2.45) is 11.8 Å². The van der Waals surface area contributed by atoms with Crippen LogP contribution in [0.5, 0.6) is 0 Å². The number of nitrogens with zero attached hydrogens (tertiary/aromatic N) is 3. The molecule has 2 heterocycles. The lowest BCUT2D eigenvalue weighted by Crippen LogP contribution is -2.42. The topological polar surface area (TPSA) is 84.7 Å². The molecule has 0 unspecified atom stereocenters. The number of rotatable bonds is 4. The number of halogens is 2. The summed E-state index contributed by atoms with van der Waals surface area (Å²) in [5.41, 5.74) is 3.29. The lowest BCUT2D eigenvalue weighted by molar-refractivity contribution is -0.122. The largest absolute Gasteiger partial charge is 0.452 e. The van der Waals surface area contributed by atoms with Gasteiger partial charge in [0.2, 0.25) is 5.92 Å². The second-order valence-corrected chi connectivity index (χ2v) is 11.3. The van der Waals surface area contributed by atoms with Crippen molar-refractivity contribution in [3.8, 4) is 0 Å². The summed E-state index contributed by atoms with van der Waals surface area (Å²) >= 11 is 0. The Hall–Kier alpha value is -2.55.